The molecule has 3 nitrogen and oxygen atoms in total. The summed E-state index contributed by atoms with van der Waals surface area (Å²) >= 11 is 15.5. The van der Waals surface area contributed by atoms with Gasteiger partial charge in [0.05, 0.1) is 10.4 Å². The van der Waals surface area contributed by atoms with Gasteiger partial charge in [-0.25, -0.2) is 9.78 Å². The van der Waals surface area contributed by atoms with Crippen LogP contribution in [0, 0.1) is 0 Å². The van der Waals surface area contributed by atoms with Gasteiger partial charge >= 0.3 is 5.97 Å². The van der Waals surface area contributed by atoms with Crippen molar-refractivity contribution in [1.29, 1.82) is 0 Å². The first-order chi connectivity index (χ1) is 11.5. The molecule has 1 heterocycles. The molecular weight excluding hydrogens is 385 g/mol. The second-order valence-corrected chi connectivity index (χ2v) is 7.93. The Morgan fingerprint density at radius 2 is 1.79 bits per heavy atom. The van der Waals surface area contributed by atoms with Crippen molar-refractivity contribution < 1.29 is 9.90 Å². The molecule has 7 heteroatoms. The van der Waals surface area contributed by atoms with Crippen molar-refractivity contribution in [3.05, 3.63) is 69.8 Å². The molecule has 0 aliphatic carbocycles. The van der Waals surface area contributed by atoms with E-state index in [1.807, 2.05) is 18.2 Å². The van der Waals surface area contributed by atoms with Gasteiger partial charge in [-0.2, -0.15) is 0 Å². The summed E-state index contributed by atoms with van der Waals surface area (Å²) in [5.74, 6) is -0.289. The van der Waals surface area contributed by atoms with Crippen LogP contribution in [-0.2, 0) is 5.75 Å². The summed E-state index contributed by atoms with van der Waals surface area (Å²) in [6, 6.07) is 12.2. The normalized spacial score (nSPS) is 10.8. The fourth-order valence-electron chi connectivity index (χ4n) is 2.04. The molecule has 122 valence electrons. The zero-order chi connectivity index (χ0) is 17.1. The van der Waals surface area contributed by atoms with E-state index in [0.29, 0.717) is 15.8 Å². The number of nitrogens with zero attached hydrogens (tertiary/aromatic N) is 1. The Hall–Kier alpha value is -1.53. The van der Waals surface area contributed by atoms with E-state index in [1.54, 1.807) is 53.6 Å². The molecule has 0 aliphatic rings. The van der Waals surface area contributed by atoms with E-state index >= 15 is 0 Å². The third-order valence-corrected chi connectivity index (χ3v) is 6.24. The molecule has 0 unspecified atom stereocenters. The number of aromatic carboxylic acids is 1. The van der Waals surface area contributed by atoms with Crippen molar-refractivity contribution in [2.24, 2.45) is 0 Å². The van der Waals surface area contributed by atoms with Gasteiger partial charge in [-0.1, -0.05) is 53.2 Å². The number of aromatic nitrogens is 1. The second-order valence-electron chi connectivity index (χ2n) is 4.86. The van der Waals surface area contributed by atoms with Crippen molar-refractivity contribution in [3.63, 3.8) is 0 Å². The largest absolute Gasteiger partial charge is 0.478 e. The molecule has 2 aromatic carbocycles. The molecule has 1 aromatic heterocycles. The third kappa shape index (κ3) is 3.92. The van der Waals surface area contributed by atoms with E-state index in [-0.39, 0.29) is 5.56 Å². The van der Waals surface area contributed by atoms with Gasteiger partial charge in [0.15, 0.2) is 4.34 Å². The molecule has 3 rings (SSSR count). The molecule has 0 saturated heterocycles. The summed E-state index contributed by atoms with van der Waals surface area (Å²) in [4.78, 5) is 16.3. The molecule has 0 radical (unpaired) electrons. The van der Waals surface area contributed by atoms with Gasteiger partial charge < -0.3 is 5.11 Å². The number of carboxylic acid groups (broad SMARTS) is 1. The number of thioether (sulfide) groups is 1. The van der Waals surface area contributed by atoms with Gasteiger partial charge in [0, 0.05) is 22.0 Å². The number of carbonyl (C=O) groups is 1. The van der Waals surface area contributed by atoms with E-state index in [2.05, 4.69) is 4.98 Å². The van der Waals surface area contributed by atoms with E-state index in [1.165, 1.54) is 0 Å². The first-order valence-corrected chi connectivity index (χ1v) is 9.45. The van der Waals surface area contributed by atoms with Crippen LogP contribution < -0.4 is 0 Å². The summed E-state index contributed by atoms with van der Waals surface area (Å²) in [7, 11) is 0. The van der Waals surface area contributed by atoms with Gasteiger partial charge in [0.25, 0.3) is 0 Å². The molecule has 0 aliphatic heterocycles. The minimum atomic E-state index is -0.932. The predicted octanol–water partition coefficient (Wildman–Crippen LogP) is 6.11. The van der Waals surface area contributed by atoms with Crippen molar-refractivity contribution in [2.45, 2.75) is 10.1 Å². The molecule has 3 aromatic rings. The average Bonchev–Trinajstić information content (AvgIpc) is 3.03. The number of benzene rings is 2. The lowest BCUT2D eigenvalue weighted by atomic mass is 10.1. The highest BCUT2D eigenvalue weighted by Gasteiger charge is 2.10. The smallest absolute Gasteiger partial charge is 0.335 e. The lowest BCUT2D eigenvalue weighted by molar-refractivity contribution is 0.0697. The molecule has 0 spiro atoms. The average molecular weight is 396 g/mol. The van der Waals surface area contributed by atoms with Crippen LogP contribution >= 0.6 is 46.3 Å². The molecule has 0 saturated carbocycles. The minimum absolute atomic E-state index is 0.270. The summed E-state index contributed by atoms with van der Waals surface area (Å²) in [6.45, 7) is 0. The molecule has 0 bridgehead atoms. The Kier molecular flexibility index (Phi) is 5.46. The quantitative estimate of drug-likeness (QED) is 0.529. The van der Waals surface area contributed by atoms with E-state index in [0.717, 1.165) is 20.3 Å². The molecule has 1 N–H and O–H groups in total. The van der Waals surface area contributed by atoms with Crippen LogP contribution in [0.2, 0.25) is 10.0 Å². The Bertz CT molecular complexity index is 858. The number of carboxylic acids is 1. The van der Waals surface area contributed by atoms with E-state index in [4.69, 9.17) is 28.3 Å². The van der Waals surface area contributed by atoms with Crippen LogP contribution in [0.3, 0.4) is 0 Å². The van der Waals surface area contributed by atoms with Gasteiger partial charge in [-0.3, -0.25) is 0 Å². The van der Waals surface area contributed by atoms with Crippen LogP contribution in [-0.4, -0.2) is 16.1 Å². The van der Waals surface area contributed by atoms with Crippen LogP contribution in [0.4, 0.5) is 0 Å². The maximum Gasteiger partial charge on any atom is 0.335 e. The lowest BCUT2D eigenvalue weighted by Gasteiger charge is -2.04. The highest BCUT2D eigenvalue weighted by molar-refractivity contribution is 8.00. The summed E-state index contributed by atoms with van der Waals surface area (Å²) < 4.78 is 0.906. The zero-order valence-corrected chi connectivity index (χ0v) is 15.3. The molecule has 0 fully saturated rings. The topological polar surface area (TPSA) is 50.2 Å². The first kappa shape index (κ1) is 17.3. The fourth-order valence-corrected chi connectivity index (χ4v) is 4.77. The van der Waals surface area contributed by atoms with Crippen LogP contribution in [0.25, 0.3) is 10.4 Å². The third-order valence-electron chi connectivity index (χ3n) is 3.30. The van der Waals surface area contributed by atoms with Crippen molar-refractivity contribution >= 4 is 52.3 Å². The number of rotatable bonds is 5. The monoisotopic (exact) mass is 395 g/mol. The van der Waals surface area contributed by atoms with E-state index in [9.17, 15) is 4.79 Å². The maximum absolute atomic E-state index is 10.9. The Labute approximate surface area is 157 Å². The van der Waals surface area contributed by atoms with Crippen LogP contribution in [0.15, 0.2) is 53.0 Å². The fraction of sp³-hybridized carbons (Fsp3) is 0.0588. The minimum Gasteiger partial charge on any atom is -0.478 e. The summed E-state index contributed by atoms with van der Waals surface area (Å²) in [5.41, 5.74) is 2.11. The standard InChI is InChI=1S/C17H11Cl2NO2S2/c18-13-2-1-3-14(19)12(13)9-23-17-20-8-15(24-17)10-4-6-11(7-5-10)16(21)22/h1-8H,9H2,(H,21,22). The number of hydrogen-bond acceptors (Lipinski definition) is 4. The number of hydrogen-bond donors (Lipinski definition) is 1. The van der Waals surface area contributed by atoms with Crippen LogP contribution in [0.1, 0.15) is 15.9 Å². The Morgan fingerprint density at radius 3 is 2.42 bits per heavy atom. The van der Waals surface area contributed by atoms with E-state index < -0.39 is 5.97 Å². The SMILES string of the molecule is O=C(O)c1ccc(-c2cnc(SCc3c(Cl)cccc3Cl)s2)cc1. The molecule has 0 atom stereocenters. The molecule has 24 heavy (non-hydrogen) atoms. The highest BCUT2D eigenvalue weighted by atomic mass is 35.5. The zero-order valence-electron chi connectivity index (χ0n) is 12.2. The lowest BCUT2D eigenvalue weighted by Crippen LogP contribution is -1.94. The first-order valence-electron chi connectivity index (χ1n) is 6.90. The van der Waals surface area contributed by atoms with Crippen LogP contribution in [0.5, 0.6) is 0 Å². The maximum atomic E-state index is 10.9. The Balaban J connectivity index is 1.73. The number of thiazole rings is 1. The van der Waals surface area contributed by atoms with Crippen molar-refractivity contribution in [3.8, 4) is 10.4 Å². The summed E-state index contributed by atoms with van der Waals surface area (Å²) in [6.07, 6.45) is 1.79. The van der Waals surface area contributed by atoms with Crippen molar-refractivity contribution in [1.82, 2.24) is 4.98 Å². The number of halogens is 2. The van der Waals surface area contributed by atoms with Crippen molar-refractivity contribution in [2.75, 3.05) is 0 Å². The Morgan fingerprint density at radius 1 is 1.12 bits per heavy atom. The van der Waals surface area contributed by atoms with Gasteiger partial charge in [0.1, 0.15) is 0 Å². The van der Waals surface area contributed by atoms with Gasteiger partial charge in [-0.15, -0.1) is 11.3 Å². The van der Waals surface area contributed by atoms with Gasteiger partial charge in [-0.05, 0) is 35.4 Å². The predicted molar refractivity (Wildman–Crippen MR) is 101 cm³/mol. The highest BCUT2D eigenvalue weighted by Crippen LogP contribution is 2.36. The molecule has 0 amide bonds. The summed E-state index contributed by atoms with van der Waals surface area (Å²) in [5, 5.41) is 10.2. The second kappa shape index (κ2) is 7.57. The molecular formula is C17H11Cl2NO2S2. The van der Waals surface area contributed by atoms with Gasteiger partial charge in [0.2, 0.25) is 0 Å².